The molecule has 1 aliphatic carbocycles. The van der Waals surface area contributed by atoms with Gasteiger partial charge in [0.1, 0.15) is 6.04 Å². The van der Waals surface area contributed by atoms with Crippen LogP contribution < -0.4 is 5.32 Å². The molecule has 3 atom stereocenters. The molecule has 7 nitrogen and oxygen atoms in total. The van der Waals surface area contributed by atoms with Gasteiger partial charge in [-0.05, 0) is 48.5 Å². The zero-order valence-corrected chi connectivity index (χ0v) is 19.2. The van der Waals surface area contributed by atoms with Crippen LogP contribution in [0.5, 0.6) is 0 Å². The van der Waals surface area contributed by atoms with E-state index in [4.69, 9.17) is 0 Å². The minimum Gasteiger partial charge on any atom is -0.350 e. The highest BCUT2D eigenvalue weighted by atomic mass is 32.2. The molecule has 2 aromatic rings. The van der Waals surface area contributed by atoms with E-state index in [0.29, 0.717) is 25.3 Å². The van der Waals surface area contributed by atoms with Crippen molar-refractivity contribution in [2.75, 3.05) is 12.0 Å². The van der Waals surface area contributed by atoms with Crippen LogP contribution in [0.25, 0.3) is 0 Å². The van der Waals surface area contributed by atoms with Crippen LogP contribution in [-0.2, 0) is 27.5 Å². The van der Waals surface area contributed by atoms with E-state index >= 15 is 0 Å². The second-order valence-corrected chi connectivity index (χ2v) is 9.56. The number of carbonyl (C=O) groups excluding carboxylic acids is 3. The van der Waals surface area contributed by atoms with Crippen molar-refractivity contribution >= 4 is 29.5 Å². The Morgan fingerprint density at radius 2 is 1.78 bits per heavy atom. The number of thioether (sulfide) groups is 1. The summed E-state index contributed by atoms with van der Waals surface area (Å²) in [6.07, 6.45) is 9.58. The third-order valence-corrected chi connectivity index (χ3v) is 7.12. The molecule has 0 spiro atoms. The number of imide groups is 1. The lowest BCUT2D eigenvalue weighted by Crippen LogP contribution is -2.50. The second kappa shape index (κ2) is 10.3. The number of likely N-dealkylation sites (tertiary alicyclic amines) is 1. The van der Waals surface area contributed by atoms with Crippen molar-refractivity contribution in [1.29, 1.82) is 0 Å². The van der Waals surface area contributed by atoms with E-state index in [1.54, 1.807) is 18.0 Å². The lowest BCUT2D eigenvalue weighted by atomic mass is 9.81. The first-order valence-electron chi connectivity index (χ1n) is 11.3. The first-order chi connectivity index (χ1) is 15.6. The Balaban J connectivity index is 1.40. The van der Waals surface area contributed by atoms with Crippen LogP contribution in [0.15, 0.2) is 42.7 Å². The molecule has 0 bridgehead atoms. The number of rotatable bonds is 9. The number of nitrogens with zero attached hydrogens (tertiary/aromatic N) is 3. The molecule has 1 aromatic carbocycles. The van der Waals surface area contributed by atoms with E-state index in [0.717, 1.165) is 36.8 Å². The Kier molecular flexibility index (Phi) is 7.29. The molecule has 8 heteroatoms. The fourth-order valence-electron chi connectivity index (χ4n) is 4.75. The molecular weight excluding hydrogens is 424 g/mol. The number of aromatic nitrogens is 2. The van der Waals surface area contributed by atoms with Gasteiger partial charge in [0.15, 0.2) is 0 Å². The van der Waals surface area contributed by atoms with Crippen molar-refractivity contribution in [1.82, 2.24) is 20.0 Å². The number of benzene rings is 1. The molecule has 0 unspecified atom stereocenters. The van der Waals surface area contributed by atoms with E-state index in [2.05, 4.69) is 10.4 Å². The van der Waals surface area contributed by atoms with Gasteiger partial charge in [-0.15, -0.1) is 0 Å². The molecule has 1 N–H and O–H groups in total. The molecule has 0 radical (unpaired) electrons. The molecule has 32 heavy (non-hydrogen) atoms. The van der Waals surface area contributed by atoms with Crippen LogP contribution in [-0.4, -0.2) is 50.5 Å². The minimum absolute atomic E-state index is 0.149. The van der Waals surface area contributed by atoms with Gasteiger partial charge in [0, 0.05) is 18.9 Å². The van der Waals surface area contributed by atoms with E-state index in [-0.39, 0.29) is 29.6 Å². The van der Waals surface area contributed by atoms with E-state index in [1.165, 1.54) is 4.90 Å². The molecule has 3 amide bonds. The average Bonchev–Trinajstić information content (AvgIpc) is 3.41. The molecule has 1 saturated carbocycles. The Morgan fingerprint density at radius 1 is 1.12 bits per heavy atom. The zero-order valence-electron chi connectivity index (χ0n) is 18.4. The Morgan fingerprint density at radius 3 is 2.38 bits per heavy atom. The fourth-order valence-corrected chi connectivity index (χ4v) is 5.21. The van der Waals surface area contributed by atoms with Gasteiger partial charge in [-0.25, -0.2) is 0 Å². The number of nitrogens with one attached hydrogen (secondary N) is 1. The number of hydrogen-bond acceptors (Lipinski definition) is 5. The maximum Gasteiger partial charge on any atom is 0.243 e. The lowest BCUT2D eigenvalue weighted by molar-refractivity contribution is -0.148. The minimum atomic E-state index is -0.730. The topological polar surface area (TPSA) is 84.3 Å². The quantitative estimate of drug-likeness (QED) is 0.589. The van der Waals surface area contributed by atoms with Crippen LogP contribution in [0.2, 0.25) is 0 Å². The van der Waals surface area contributed by atoms with Crippen molar-refractivity contribution in [2.24, 2.45) is 11.8 Å². The van der Waals surface area contributed by atoms with Crippen molar-refractivity contribution in [3.05, 3.63) is 53.9 Å². The second-order valence-electron chi connectivity index (χ2n) is 8.58. The summed E-state index contributed by atoms with van der Waals surface area (Å²) in [6.45, 7) is 1.05. The van der Waals surface area contributed by atoms with E-state index in [1.807, 2.05) is 47.5 Å². The largest absolute Gasteiger partial charge is 0.350 e. The van der Waals surface area contributed by atoms with Crippen molar-refractivity contribution < 1.29 is 14.4 Å². The van der Waals surface area contributed by atoms with Crippen molar-refractivity contribution in [2.45, 2.75) is 51.2 Å². The maximum absolute atomic E-state index is 13.1. The third-order valence-electron chi connectivity index (χ3n) is 6.48. The molecule has 1 saturated heterocycles. The van der Waals surface area contributed by atoms with Crippen LogP contribution in [0.1, 0.15) is 43.2 Å². The number of carbonyl (C=O) groups is 3. The molecule has 2 heterocycles. The Hall–Kier alpha value is -2.61. The summed E-state index contributed by atoms with van der Waals surface area (Å²) in [6, 6.07) is 9.17. The summed E-state index contributed by atoms with van der Waals surface area (Å²) in [4.78, 5) is 40.4. The molecule has 2 fully saturated rings. The standard InChI is InChI=1S/C24H30N4O3S/c1-32-14-11-21(28-23(30)19-5-2-3-6-20(19)24(28)31)22(29)25-15-17-7-9-18(10-8-17)16-27-13-4-12-26-27/h4,7-10,12-13,19-21H,2-3,5-6,11,14-16H2,1H3,(H,25,29)/t19-,20-,21+/m0/s1. The average molecular weight is 455 g/mol. The molecule has 1 aliphatic heterocycles. The van der Waals surface area contributed by atoms with Gasteiger partial charge < -0.3 is 5.32 Å². The van der Waals surface area contributed by atoms with Gasteiger partial charge in [-0.3, -0.25) is 24.0 Å². The van der Waals surface area contributed by atoms with Gasteiger partial charge >= 0.3 is 0 Å². The predicted molar refractivity (Wildman–Crippen MR) is 124 cm³/mol. The summed E-state index contributed by atoms with van der Waals surface area (Å²) in [5.74, 6) is -0.300. The van der Waals surface area contributed by atoms with Crippen LogP contribution in [0.4, 0.5) is 0 Å². The van der Waals surface area contributed by atoms with Crippen LogP contribution in [0.3, 0.4) is 0 Å². The molecule has 170 valence electrons. The van der Waals surface area contributed by atoms with Crippen LogP contribution in [0, 0.1) is 11.8 Å². The number of hydrogen-bond donors (Lipinski definition) is 1. The first-order valence-corrected chi connectivity index (χ1v) is 12.7. The highest BCUT2D eigenvalue weighted by Crippen LogP contribution is 2.39. The van der Waals surface area contributed by atoms with Crippen molar-refractivity contribution in [3.63, 3.8) is 0 Å². The Labute approximate surface area is 192 Å². The summed E-state index contributed by atoms with van der Waals surface area (Å²) in [5, 5.41) is 7.17. The van der Waals surface area contributed by atoms with Gasteiger partial charge in [-0.1, -0.05) is 37.1 Å². The van der Waals surface area contributed by atoms with Crippen molar-refractivity contribution in [3.8, 4) is 0 Å². The van der Waals surface area contributed by atoms with Gasteiger partial charge in [0.25, 0.3) is 0 Å². The summed E-state index contributed by atoms with van der Waals surface area (Å²) < 4.78 is 1.86. The molecule has 1 aromatic heterocycles. The highest BCUT2D eigenvalue weighted by Gasteiger charge is 2.51. The monoisotopic (exact) mass is 454 g/mol. The van der Waals surface area contributed by atoms with E-state index in [9.17, 15) is 14.4 Å². The smallest absolute Gasteiger partial charge is 0.243 e. The Bertz CT molecular complexity index is 921. The summed E-state index contributed by atoms with van der Waals surface area (Å²) >= 11 is 1.62. The molecular formula is C24H30N4O3S. The highest BCUT2D eigenvalue weighted by molar-refractivity contribution is 7.98. The maximum atomic E-state index is 13.1. The number of fused-ring (bicyclic) bond motifs is 1. The predicted octanol–water partition coefficient (Wildman–Crippen LogP) is 2.84. The lowest BCUT2D eigenvalue weighted by Gasteiger charge is -2.26. The van der Waals surface area contributed by atoms with E-state index < -0.39 is 6.04 Å². The molecule has 4 rings (SSSR count). The van der Waals surface area contributed by atoms with Crippen LogP contribution >= 0.6 is 11.8 Å². The normalized spacial score (nSPS) is 21.5. The first kappa shape index (κ1) is 22.6. The van der Waals surface area contributed by atoms with Gasteiger partial charge in [-0.2, -0.15) is 16.9 Å². The van der Waals surface area contributed by atoms with Gasteiger partial charge in [0.05, 0.1) is 18.4 Å². The molecule has 2 aliphatic rings. The SMILES string of the molecule is CSCC[C@H](C(=O)NCc1ccc(Cn2cccn2)cc1)N1C(=O)[C@H]2CCCC[C@@H]2C1=O. The fraction of sp³-hybridized carbons (Fsp3) is 0.500. The summed E-state index contributed by atoms with van der Waals surface area (Å²) in [5.41, 5.74) is 2.09. The number of amides is 3. The summed E-state index contributed by atoms with van der Waals surface area (Å²) in [7, 11) is 0. The third kappa shape index (κ3) is 4.90. The zero-order chi connectivity index (χ0) is 22.5. The van der Waals surface area contributed by atoms with Gasteiger partial charge in [0.2, 0.25) is 17.7 Å².